The summed E-state index contributed by atoms with van der Waals surface area (Å²) in [5.41, 5.74) is 12.9. The number of thiol groups is 1. The van der Waals surface area contributed by atoms with Crippen LogP contribution in [0.3, 0.4) is 0 Å². The zero-order chi connectivity index (χ0) is 13.0. The van der Waals surface area contributed by atoms with E-state index in [9.17, 15) is 0 Å². The molecule has 0 saturated heterocycles. The smallest absolute Gasteiger partial charge is 0.234 e. The van der Waals surface area contributed by atoms with Crippen molar-refractivity contribution in [3.05, 3.63) is 47.7 Å². The third-order valence-electron chi connectivity index (χ3n) is 2.59. The van der Waals surface area contributed by atoms with Crippen LogP contribution >= 0.6 is 12.6 Å². The number of benzene rings is 1. The molecule has 4 N–H and O–H groups in total. The largest absolute Gasteiger partial charge is 0.422 e. The second-order valence-corrected chi connectivity index (χ2v) is 4.43. The van der Waals surface area contributed by atoms with E-state index in [1.165, 1.54) is 0 Å². The highest BCUT2D eigenvalue weighted by molar-refractivity contribution is 7.80. The fraction of sp³-hybridized carbons (Fsp3) is 0.333. The Balaban J connectivity index is 2.05. The lowest BCUT2D eigenvalue weighted by molar-refractivity contribution is 0.401. The van der Waals surface area contributed by atoms with Crippen molar-refractivity contribution in [3.63, 3.8) is 0 Å². The molecule has 0 fully saturated rings. The molecule has 0 radical (unpaired) electrons. The van der Waals surface area contributed by atoms with Crippen LogP contribution in [0.15, 0.2) is 34.7 Å². The van der Waals surface area contributed by atoms with Crippen LogP contribution in [-0.2, 0) is 6.42 Å². The van der Waals surface area contributed by atoms with Gasteiger partial charge in [0.1, 0.15) is 0 Å². The summed E-state index contributed by atoms with van der Waals surface area (Å²) >= 11 is 4.08. The Labute approximate surface area is 111 Å². The normalized spacial score (nSPS) is 14.4. The van der Waals surface area contributed by atoms with Crippen molar-refractivity contribution >= 4 is 12.6 Å². The van der Waals surface area contributed by atoms with E-state index in [1.807, 2.05) is 30.3 Å². The molecule has 0 aliphatic rings. The number of rotatable bonds is 5. The molecule has 1 aromatic heterocycles. The molecule has 6 heteroatoms. The van der Waals surface area contributed by atoms with E-state index < -0.39 is 0 Å². The highest BCUT2D eigenvalue weighted by atomic mass is 32.1. The predicted molar refractivity (Wildman–Crippen MR) is 72.2 cm³/mol. The minimum Gasteiger partial charge on any atom is -0.422 e. The Hall–Kier alpha value is -1.37. The van der Waals surface area contributed by atoms with E-state index in [1.54, 1.807) is 0 Å². The number of aromatic nitrogens is 2. The van der Waals surface area contributed by atoms with Crippen LogP contribution in [0.1, 0.15) is 29.4 Å². The van der Waals surface area contributed by atoms with Gasteiger partial charge in [-0.1, -0.05) is 30.3 Å². The molecule has 0 unspecified atom stereocenters. The van der Waals surface area contributed by atoms with Crippen molar-refractivity contribution in [2.45, 2.75) is 18.5 Å². The molecule has 1 aromatic carbocycles. The van der Waals surface area contributed by atoms with Crippen LogP contribution in [0.5, 0.6) is 0 Å². The van der Waals surface area contributed by atoms with Gasteiger partial charge in [0.05, 0.1) is 12.1 Å². The van der Waals surface area contributed by atoms with Crippen LogP contribution in [0.4, 0.5) is 0 Å². The maximum absolute atomic E-state index is 6.03. The maximum Gasteiger partial charge on any atom is 0.234 e. The first-order valence-corrected chi connectivity index (χ1v) is 6.33. The second-order valence-electron chi connectivity index (χ2n) is 4.06. The number of hydrogen-bond donors (Lipinski definition) is 3. The summed E-state index contributed by atoms with van der Waals surface area (Å²) in [6, 6.07) is 9.26. The van der Waals surface area contributed by atoms with Gasteiger partial charge < -0.3 is 15.9 Å². The minimum absolute atomic E-state index is 0.319. The van der Waals surface area contributed by atoms with Crippen LogP contribution in [-0.4, -0.2) is 16.0 Å². The Morgan fingerprint density at radius 2 is 1.67 bits per heavy atom. The molecule has 2 atom stereocenters. The highest BCUT2D eigenvalue weighted by Crippen LogP contribution is 2.17. The Bertz CT molecular complexity index is 488. The van der Waals surface area contributed by atoms with E-state index in [0.717, 1.165) is 5.56 Å². The summed E-state index contributed by atoms with van der Waals surface area (Å²) < 4.78 is 5.45. The number of nitrogens with zero attached hydrogens (tertiary/aromatic N) is 2. The first-order valence-electron chi connectivity index (χ1n) is 5.70. The van der Waals surface area contributed by atoms with Gasteiger partial charge in [-0.05, 0) is 12.0 Å². The van der Waals surface area contributed by atoms with Crippen molar-refractivity contribution in [1.82, 2.24) is 10.2 Å². The standard InChI is InChI=1S/C12H16N4OS/c13-9(6-8-4-2-1-3-5-8)11-15-16-12(17-11)10(14)7-18/h1-5,9-10,18H,6-7,13-14H2/t9-,10-/m0/s1. The summed E-state index contributed by atoms with van der Waals surface area (Å²) in [5, 5.41) is 7.80. The zero-order valence-electron chi connectivity index (χ0n) is 9.86. The molecule has 0 aliphatic heterocycles. The molecule has 2 rings (SSSR count). The van der Waals surface area contributed by atoms with E-state index in [0.29, 0.717) is 24.0 Å². The van der Waals surface area contributed by atoms with Crippen LogP contribution < -0.4 is 11.5 Å². The first-order chi connectivity index (χ1) is 8.70. The third kappa shape index (κ3) is 3.10. The van der Waals surface area contributed by atoms with Gasteiger partial charge in [-0.25, -0.2) is 0 Å². The molecule has 0 spiro atoms. The quantitative estimate of drug-likeness (QED) is 0.707. The summed E-state index contributed by atoms with van der Waals surface area (Å²) in [7, 11) is 0. The fourth-order valence-electron chi connectivity index (χ4n) is 1.58. The lowest BCUT2D eigenvalue weighted by Crippen LogP contribution is -2.14. The van der Waals surface area contributed by atoms with E-state index in [2.05, 4.69) is 22.8 Å². The average molecular weight is 264 g/mol. The summed E-state index contributed by atoms with van der Waals surface area (Å²) in [6.07, 6.45) is 0.651. The van der Waals surface area contributed by atoms with Crippen LogP contribution in [0.25, 0.3) is 0 Å². The lowest BCUT2D eigenvalue weighted by atomic mass is 10.1. The maximum atomic E-state index is 6.03. The molecule has 2 aromatic rings. The highest BCUT2D eigenvalue weighted by Gasteiger charge is 2.17. The molecule has 18 heavy (non-hydrogen) atoms. The van der Waals surface area contributed by atoms with Gasteiger partial charge in [0.25, 0.3) is 0 Å². The zero-order valence-corrected chi connectivity index (χ0v) is 10.8. The molecule has 0 aliphatic carbocycles. The first kappa shape index (κ1) is 13.1. The van der Waals surface area contributed by atoms with Gasteiger partial charge in [-0.2, -0.15) is 12.6 Å². The molecular weight excluding hydrogens is 248 g/mol. The lowest BCUT2D eigenvalue weighted by Gasteiger charge is -2.07. The monoisotopic (exact) mass is 264 g/mol. The number of hydrogen-bond acceptors (Lipinski definition) is 6. The topological polar surface area (TPSA) is 91.0 Å². The van der Waals surface area contributed by atoms with Crippen LogP contribution in [0.2, 0.25) is 0 Å². The van der Waals surface area contributed by atoms with E-state index in [-0.39, 0.29) is 12.1 Å². The Kier molecular flexibility index (Phi) is 4.35. The minimum atomic E-state index is -0.349. The Morgan fingerprint density at radius 1 is 1.06 bits per heavy atom. The van der Waals surface area contributed by atoms with Gasteiger partial charge in [0, 0.05) is 5.75 Å². The van der Waals surface area contributed by atoms with Crippen molar-refractivity contribution in [2.24, 2.45) is 11.5 Å². The van der Waals surface area contributed by atoms with Crippen molar-refractivity contribution in [3.8, 4) is 0 Å². The van der Waals surface area contributed by atoms with E-state index >= 15 is 0 Å². The molecule has 96 valence electrons. The molecular formula is C12H16N4OS. The van der Waals surface area contributed by atoms with Gasteiger partial charge in [0.15, 0.2) is 0 Å². The van der Waals surface area contributed by atoms with Crippen molar-refractivity contribution < 1.29 is 4.42 Å². The van der Waals surface area contributed by atoms with Crippen LogP contribution in [0, 0.1) is 0 Å². The average Bonchev–Trinajstić information content (AvgIpc) is 2.88. The molecule has 1 heterocycles. The van der Waals surface area contributed by atoms with Gasteiger partial charge in [-0.3, -0.25) is 0 Å². The van der Waals surface area contributed by atoms with Gasteiger partial charge in [-0.15, -0.1) is 10.2 Å². The van der Waals surface area contributed by atoms with Crippen molar-refractivity contribution in [2.75, 3.05) is 5.75 Å². The summed E-state index contributed by atoms with van der Waals surface area (Å²) in [5.74, 6) is 1.24. The second kappa shape index (κ2) is 5.99. The molecule has 0 amide bonds. The Morgan fingerprint density at radius 3 is 2.28 bits per heavy atom. The van der Waals surface area contributed by atoms with Gasteiger partial charge in [0.2, 0.25) is 11.8 Å². The van der Waals surface area contributed by atoms with Gasteiger partial charge >= 0.3 is 0 Å². The third-order valence-corrected chi connectivity index (χ3v) is 2.98. The van der Waals surface area contributed by atoms with E-state index in [4.69, 9.17) is 15.9 Å². The van der Waals surface area contributed by atoms with Crippen molar-refractivity contribution in [1.29, 1.82) is 0 Å². The molecule has 0 bridgehead atoms. The SMILES string of the molecule is N[C@@H](CS)c1nnc([C@@H](N)Cc2ccccc2)o1. The summed E-state index contributed by atoms with van der Waals surface area (Å²) in [4.78, 5) is 0. The number of nitrogens with two attached hydrogens (primary N) is 2. The predicted octanol–water partition coefficient (Wildman–Crippen LogP) is 1.24. The molecule has 0 saturated carbocycles. The summed E-state index contributed by atoms with van der Waals surface area (Å²) in [6.45, 7) is 0. The fourth-order valence-corrected chi connectivity index (χ4v) is 1.74. The molecule has 5 nitrogen and oxygen atoms in total.